The molecule has 18 heavy (non-hydrogen) atoms. The second kappa shape index (κ2) is 4.61. The fourth-order valence-corrected chi connectivity index (χ4v) is 2.22. The van der Waals surface area contributed by atoms with Crippen LogP contribution in [0.25, 0.3) is 0 Å². The van der Waals surface area contributed by atoms with E-state index in [9.17, 15) is 9.90 Å². The fourth-order valence-electron chi connectivity index (χ4n) is 2.22. The van der Waals surface area contributed by atoms with Crippen LogP contribution < -0.4 is 5.73 Å². The van der Waals surface area contributed by atoms with Crippen LogP contribution in [0.2, 0.25) is 0 Å². The molecule has 2 rings (SSSR count). The molecule has 4 heteroatoms. The zero-order valence-electron chi connectivity index (χ0n) is 10.9. The largest absolute Gasteiger partial charge is 0.508 e. The van der Waals surface area contributed by atoms with Gasteiger partial charge >= 0.3 is 0 Å². The molecule has 1 saturated carbocycles. The highest BCUT2D eigenvalue weighted by Crippen LogP contribution is 2.38. The van der Waals surface area contributed by atoms with Gasteiger partial charge in [0, 0.05) is 13.6 Å². The maximum atomic E-state index is 12.3. The quantitative estimate of drug-likeness (QED) is 0.848. The van der Waals surface area contributed by atoms with Gasteiger partial charge in [-0.15, -0.1) is 0 Å². The lowest BCUT2D eigenvalue weighted by molar-refractivity contribution is -0.136. The molecule has 1 aromatic carbocycles. The molecule has 0 saturated heterocycles. The molecule has 0 radical (unpaired) electrons. The highest BCUT2D eigenvalue weighted by molar-refractivity contribution is 5.86. The Hall–Kier alpha value is -1.55. The van der Waals surface area contributed by atoms with Crippen molar-refractivity contribution in [3.05, 3.63) is 29.8 Å². The van der Waals surface area contributed by atoms with Crippen molar-refractivity contribution in [1.82, 2.24) is 4.90 Å². The van der Waals surface area contributed by atoms with E-state index in [4.69, 9.17) is 5.73 Å². The second-order valence-corrected chi connectivity index (χ2v) is 5.38. The van der Waals surface area contributed by atoms with Crippen molar-refractivity contribution in [3.63, 3.8) is 0 Å². The Kier molecular flexibility index (Phi) is 3.30. The molecule has 3 N–H and O–H groups in total. The van der Waals surface area contributed by atoms with Gasteiger partial charge in [0.15, 0.2) is 0 Å². The number of likely N-dealkylation sites (N-methyl/N-ethyl adjacent to an activating group) is 1. The van der Waals surface area contributed by atoms with Crippen LogP contribution in [0.15, 0.2) is 24.3 Å². The third-order valence-corrected chi connectivity index (χ3v) is 3.59. The van der Waals surface area contributed by atoms with Crippen LogP contribution in [0.4, 0.5) is 0 Å². The van der Waals surface area contributed by atoms with Gasteiger partial charge in [0.05, 0.1) is 5.54 Å². The summed E-state index contributed by atoms with van der Waals surface area (Å²) in [6.45, 7) is 2.33. The molecule has 0 spiro atoms. The monoisotopic (exact) mass is 248 g/mol. The first kappa shape index (κ1) is 12.9. The maximum absolute atomic E-state index is 12.3. The molecule has 1 aliphatic carbocycles. The predicted molar refractivity (Wildman–Crippen MR) is 69.9 cm³/mol. The number of carbonyl (C=O) groups excluding carboxylic acids is 1. The van der Waals surface area contributed by atoms with E-state index in [0.717, 1.165) is 18.4 Å². The van der Waals surface area contributed by atoms with Crippen molar-refractivity contribution in [2.24, 2.45) is 11.7 Å². The Balaban J connectivity index is 2.01. The first-order valence-corrected chi connectivity index (χ1v) is 6.23. The van der Waals surface area contributed by atoms with Gasteiger partial charge in [-0.2, -0.15) is 0 Å². The fraction of sp³-hybridized carbons (Fsp3) is 0.500. The summed E-state index contributed by atoms with van der Waals surface area (Å²) in [6.07, 6.45) is 2.09. The number of phenolic OH excluding ortho intramolecular Hbond substituents is 1. The minimum Gasteiger partial charge on any atom is -0.508 e. The lowest BCUT2D eigenvalue weighted by Crippen LogP contribution is -2.53. The minimum absolute atomic E-state index is 0.0157. The van der Waals surface area contributed by atoms with Gasteiger partial charge in [0.25, 0.3) is 0 Å². The lowest BCUT2D eigenvalue weighted by atomic mass is 9.95. The van der Waals surface area contributed by atoms with Crippen molar-refractivity contribution >= 4 is 5.91 Å². The lowest BCUT2D eigenvalue weighted by Gasteiger charge is -2.29. The number of aromatic hydroxyl groups is 1. The number of nitrogens with two attached hydrogens (primary N) is 1. The van der Waals surface area contributed by atoms with Crippen LogP contribution in [0.1, 0.15) is 25.3 Å². The summed E-state index contributed by atoms with van der Waals surface area (Å²) in [7, 11) is 1.77. The van der Waals surface area contributed by atoms with E-state index in [1.54, 1.807) is 24.1 Å². The summed E-state index contributed by atoms with van der Waals surface area (Å²) in [5.74, 6) is 0.541. The Morgan fingerprint density at radius 3 is 2.50 bits per heavy atom. The predicted octanol–water partition coefficient (Wildman–Crippen LogP) is 1.48. The molecule has 4 nitrogen and oxygen atoms in total. The van der Waals surface area contributed by atoms with Gasteiger partial charge in [-0.1, -0.05) is 12.1 Å². The van der Waals surface area contributed by atoms with Crippen molar-refractivity contribution < 1.29 is 9.90 Å². The molecule has 98 valence electrons. The van der Waals surface area contributed by atoms with E-state index < -0.39 is 5.54 Å². The standard InChI is InChI=1S/C14H20N2O2/c1-14(15,11-5-6-11)13(18)16(2)9-10-3-7-12(17)8-4-10/h3-4,7-8,11,17H,5-6,9,15H2,1-2H3. The topological polar surface area (TPSA) is 66.6 Å². The number of hydrogen-bond acceptors (Lipinski definition) is 3. The van der Waals surface area contributed by atoms with Crippen LogP contribution in [-0.2, 0) is 11.3 Å². The van der Waals surface area contributed by atoms with Crippen molar-refractivity contribution in [1.29, 1.82) is 0 Å². The van der Waals surface area contributed by atoms with E-state index in [-0.39, 0.29) is 11.7 Å². The number of amides is 1. The molecule has 1 amide bonds. The van der Waals surface area contributed by atoms with E-state index in [1.807, 2.05) is 19.1 Å². The first-order valence-electron chi connectivity index (χ1n) is 6.23. The Morgan fingerprint density at radius 1 is 1.44 bits per heavy atom. The van der Waals surface area contributed by atoms with E-state index >= 15 is 0 Å². The second-order valence-electron chi connectivity index (χ2n) is 5.38. The molecule has 0 bridgehead atoms. The van der Waals surface area contributed by atoms with Crippen molar-refractivity contribution in [2.75, 3.05) is 7.05 Å². The van der Waals surface area contributed by atoms with E-state index in [1.165, 1.54) is 0 Å². The van der Waals surface area contributed by atoms with Crippen LogP contribution in [0.5, 0.6) is 5.75 Å². The van der Waals surface area contributed by atoms with Crippen molar-refractivity contribution in [2.45, 2.75) is 31.8 Å². The summed E-state index contributed by atoms with van der Waals surface area (Å²) in [4.78, 5) is 13.9. The van der Waals surface area contributed by atoms with E-state index in [2.05, 4.69) is 0 Å². The first-order chi connectivity index (χ1) is 8.41. The zero-order chi connectivity index (χ0) is 13.3. The molecular formula is C14H20N2O2. The van der Waals surface area contributed by atoms with Crippen molar-refractivity contribution in [3.8, 4) is 5.75 Å². The highest BCUT2D eigenvalue weighted by atomic mass is 16.3. The molecule has 0 aromatic heterocycles. The normalized spacial score (nSPS) is 18.2. The van der Waals surface area contributed by atoms with Gasteiger partial charge in [-0.25, -0.2) is 0 Å². The summed E-state index contributed by atoms with van der Waals surface area (Å²) < 4.78 is 0. The molecular weight excluding hydrogens is 228 g/mol. The highest BCUT2D eigenvalue weighted by Gasteiger charge is 2.45. The Labute approximate surface area is 107 Å². The molecule has 0 aliphatic heterocycles. The number of carbonyl (C=O) groups is 1. The smallest absolute Gasteiger partial charge is 0.242 e. The molecule has 1 aromatic rings. The third-order valence-electron chi connectivity index (χ3n) is 3.59. The van der Waals surface area contributed by atoms with Crippen LogP contribution in [0.3, 0.4) is 0 Å². The number of rotatable bonds is 4. The minimum atomic E-state index is -0.744. The number of phenols is 1. The average molecular weight is 248 g/mol. The van der Waals surface area contributed by atoms with Gasteiger partial charge in [-0.05, 0) is 43.4 Å². The third kappa shape index (κ3) is 2.64. The Morgan fingerprint density at radius 2 is 2.00 bits per heavy atom. The summed E-state index contributed by atoms with van der Waals surface area (Å²) in [5.41, 5.74) is 6.35. The van der Waals surface area contributed by atoms with Gasteiger partial charge in [0.2, 0.25) is 5.91 Å². The SMILES string of the molecule is CN(Cc1ccc(O)cc1)C(=O)C(C)(N)C1CC1. The Bertz CT molecular complexity index is 436. The van der Waals surface area contributed by atoms with Crippen LogP contribution in [-0.4, -0.2) is 28.5 Å². The average Bonchev–Trinajstić information content (AvgIpc) is 3.15. The van der Waals surface area contributed by atoms with Gasteiger partial charge in [0.1, 0.15) is 5.75 Å². The van der Waals surface area contributed by atoms with E-state index in [0.29, 0.717) is 12.5 Å². The summed E-state index contributed by atoms with van der Waals surface area (Å²) in [6, 6.07) is 6.86. The van der Waals surface area contributed by atoms with Crippen LogP contribution in [0, 0.1) is 5.92 Å². The summed E-state index contributed by atoms with van der Waals surface area (Å²) in [5, 5.41) is 9.21. The number of nitrogens with zero attached hydrogens (tertiary/aromatic N) is 1. The molecule has 0 heterocycles. The van der Waals surface area contributed by atoms with Gasteiger partial charge in [-0.3, -0.25) is 4.79 Å². The summed E-state index contributed by atoms with van der Waals surface area (Å²) >= 11 is 0. The molecule has 1 unspecified atom stereocenters. The zero-order valence-corrected chi connectivity index (χ0v) is 10.9. The van der Waals surface area contributed by atoms with Crippen LogP contribution >= 0.6 is 0 Å². The maximum Gasteiger partial charge on any atom is 0.242 e. The molecule has 1 fully saturated rings. The molecule has 1 aliphatic rings. The number of hydrogen-bond donors (Lipinski definition) is 2. The number of benzene rings is 1. The van der Waals surface area contributed by atoms with Gasteiger partial charge < -0.3 is 15.7 Å². The molecule has 1 atom stereocenters.